The lowest BCUT2D eigenvalue weighted by Crippen LogP contribution is -2.19. The molecule has 100 valence electrons. The molecule has 0 aromatic carbocycles. The van der Waals surface area contributed by atoms with Gasteiger partial charge >= 0.3 is 0 Å². The topological polar surface area (TPSA) is 52.6 Å². The van der Waals surface area contributed by atoms with Gasteiger partial charge in [0.2, 0.25) is 5.78 Å². The van der Waals surface area contributed by atoms with E-state index in [1.165, 1.54) is 32.1 Å². The van der Waals surface area contributed by atoms with Crippen molar-refractivity contribution in [2.45, 2.75) is 32.6 Å². The maximum atomic E-state index is 11.8. The minimum Gasteiger partial charge on any atom is -0.493 e. The number of Topliss-reactive ketones (excluding diaryl/α,β-unsaturated/α-hetero) is 1. The van der Waals surface area contributed by atoms with Crippen molar-refractivity contribution in [3.63, 3.8) is 0 Å². The first-order valence-electron chi connectivity index (χ1n) is 6.31. The predicted molar refractivity (Wildman–Crippen MR) is 68.2 cm³/mol. The van der Waals surface area contributed by atoms with Gasteiger partial charge in [-0.05, 0) is 12.5 Å². The summed E-state index contributed by atoms with van der Waals surface area (Å²) in [6.07, 6.45) is 7.01. The normalized spacial score (nSPS) is 15.4. The van der Waals surface area contributed by atoms with Gasteiger partial charge in [0.25, 0.3) is 0 Å². The fourth-order valence-electron chi connectivity index (χ4n) is 1.70. The van der Waals surface area contributed by atoms with E-state index in [9.17, 15) is 9.59 Å². The van der Waals surface area contributed by atoms with Gasteiger partial charge in [0.1, 0.15) is 0 Å². The molecule has 18 heavy (non-hydrogen) atoms. The van der Waals surface area contributed by atoms with Gasteiger partial charge in [-0.1, -0.05) is 26.2 Å². The number of hydrogen-bond donors (Lipinski definition) is 0. The molecule has 1 aliphatic rings. The number of carbonyl (C=O) groups is 2. The Balaban J connectivity index is 2.34. The number of carbonyl (C=O) groups excluding carboxylic acids is 2. The largest absolute Gasteiger partial charge is 0.493 e. The highest BCUT2D eigenvalue weighted by atomic mass is 16.5. The first-order valence-corrected chi connectivity index (χ1v) is 6.31. The Morgan fingerprint density at radius 2 is 1.89 bits per heavy atom. The van der Waals surface area contributed by atoms with Crippen LogP contribution in [0.4, 0.5) is 0 Å². The van der Waals surface area contributed by atoms with Gasteiger partial charge in [-0.3, -0.25) is 9.59 Å². The Morgan fingerprint density at radius 1 is 1.11 bits per heavy atom. The van der Waals surface area contributed by atoms with E-state index in [-0.39, 0.29) is 23.9 Å². The van der Waals surface area contributed by atoms with Crippen molar-refractivity contribution >= 4 is 11.6 Å². The molecule has 0 heterocycles. The number of methoxy groups -OCH3 is 1. The van der Waals surface area contributed by atoms with Crippen molar-refractivity contribution in [3.8, 4) is 0 Å². The van der Waals surface area contributed by atoms with Crippen LogP contribution in [0.1, 0.15) is 32.6 Å². The zero-order chi connectivity index (χ0) is 13.4. The summed E-state index contributed by atoms with van der Waals surface area (Å²) in [6, 6.07) is 0. The maximum Gasteiger partial charge on any atom is 0.226 e. The van der Waals surface area contributed by atoms with E-state index < -0.39 is 0 Å². The van der Waals surface area contributed by atoms with Crippen LogP contribution in [-0.4, -0.2) is 31.9 Å². The lowest BCUT2D eigenvalue weighted by Gasteiger charge is -2.12. The Bertz CT molecular complexity index is 366. The van der Waals surface area contributed by atoms with Crippen LogP contribution in [0, 0.1) is 0 Å². The molecule has 0 spiro atoms. The van der Waals surface area contributed by atoms with E-state index in [0.29, 0.717) is 12.2 Å². The van der Waals surface area contributed by atoms with Crippen molar-refractivity contribution in [2.75, 3.05) is 20.3 Å². The molecular weight excluding hydrogens is 232 g/mol. The number of rotatable bonds is 8. The van der Waals surface area contributed by atoms with E-state index in [1.807, 2.05) is 0 Å². The lowest BCUT2D eigenvalue weighted by molar-refractivity contribution is -0.118. The standard InChI is InChI=1S/C14H20O4/c1-3-4-5-6-7-18-10-11-8-12(15)9-13(17-2)14(11)16/h8-9H,3-7,10H2,1-2H3. The Kier molecular flexibility index (Phi) is 6.36. The second kappa shape index (κ2) is 7.82. The first kappa shape index (κ1) is 14.6. The number of ether oxygens (including phenoxy) is 2. The summed E-state index contributed by atoms with van der Waals surface area (Å²) in [7, 11) is 1.38. The summed E-state index contributed by atoms with van der Waals surface area (Å²) in [5, 5.41) is 0. The lowest BCUT2D eigenvalue weighted by atomic mass is 10.0. The third-order valence-electron chi connectivity index (χ3n) is 2.72. The van der Waals surface area contributed by atoms with Crippen LogP contribution in [0.15, 0.2) is 23.5 Å². The highest BCUT2D eigenvalue weighted by molar-refractivity contribution is 6.19. The van der Waals surface area contributed by atoms with Crippen LogP contribution in [0.3, 0.4) is 0 Å². The van der Waals surface area contributed by atoms with Gasteiger partial charge < -0.3 is 9.47 Å². The molecule has 0 amide bonds. The molecule has 0 aromatic rings. The van der Waals surface area contributed by atoms with Crippen LogP contribution in [0.25, 0.3) is 0 Å². The zero-order valence-corrected chi connectivity index (χ0v) is 11.0. The number of allylic oxidation sites excluding steroid dienone is 3. The molecular formula is C14H20O4. The van der Waals surface area contributed by atoms with Crippen molar-refractivity contribution in [1.29, 1.82) is 0 Å². The van der Waals surface area contributed by atoms with E-state index in [1.54, 1.807) is 0 Å². The van der Waals surface area contributed by atoms with Crippen LogP contribution < -0.4 is 0 Å². The summed E-state index contributed by atoms with van der Waals surface area (Å²) in [6.45, 7) is 2.94. The fourth-order valence-corrected chi connectivity index (χ4v) is 1.70. The molecule has 0 fully saturated rings. The van der Waals surface area contributed by atoms with E-state index >= 15 is 0 Å². The summed E-state index contributed by atoms with van der Waals surface area (Å²) in [4.78, 5) is 23.1. The molecule has 1 aliphatic carbocycles. The van der Waals surface area contributed by atoms with Crippen LogP contribution in [0.5, 0.6) is 0 Å². The van der Waals surface area contributed by atoms with E-state index in [2.05, 4.69) is 6.92 Å². The average molecular weight is 252 g/mol. The summed E-state index contributed by atoms with van der Waals surface area (Å²) >= 11 is 0. The number of ketones is 2. The quantitative estimate of drug-likeness (QED) is 0.491. The number of hydrogen-bond acceptors (Lipinski definition) is 4. The molecule has 4 nitrogen and oxygen atoms in total. The predicted octanol–water partition coefficient (Wildman–Crippen LogP) is 2.19. The van der Waals surface area contributed by atoms with Gasteiger partial charge in [-0.15, -0.1) is 0 Å². The van der Waals surface area contributed by atoms with E-state index in [4.69, 9.17) is 9.47 Å². The molecule has 4 heteroatoms. The van der Waals surface area contributed by atoms with Gasteiger partial charge in [-0.2, -0.15) is 0 Å². The second-order valence-electron chi connectivity index (χ2n) is 4.23. The molecule has 0 N–H and O–H groups in total. The summed E-state index contributed by atoms with van der Waals surface area (Å²) in [5.41, 5.74) is 0.370. The monoisotopic (exact) mass is 252 g/mol. The van der Waals surface area contributed by atoms with Gasteiger partial charge in [-0.25, -0.2) is 0 Å². The Labute approximate surface area is 108 Å². The Morgan fingerprint density at radius 3 is 2.56 bits per heavy atom. The van der Waals surface area contributed by atoms with Crippen LogP contribution in [0.2, 0.25) is 0 Å². The average Bonchev–Trinajstić information content (AvgIpc) is 2.37. The van der Waals surface area contributed by atoms with Crippen molar-refractivity contribution < 1.29 is 19.1 Å². The van der Waals surface area contributed by atoms with Gasteiger partial charge in [0.15, 0.2) is 11.5 Å². The molecule has 0 aromatic heterocycles. The highest BCUT2D eigenvalue weighted by Crippen LogP contribution is 2.14. The van der Waals surface area contributed by atoms with Crippen molar-refractivity contribution in [1.82, 2.24) is 0 Å². The fraction of sp³-hybridized carbons (Fsp3) is 0.571. The minimum absolute atomic E-state index is 0.0899. The first-order chi connectivity index (χ1) is 8.69. The van der Waals surface area contributed by atoms with Crippen molar-refractivity contribution in [3.05, 3.63) is 23.5 Å². The van der Waals surface area contributed by atoms with Crippen molar-refractivity contribution in [2.24, 2.45) is 0 Å². The molecule has 0 radical (unpaired) electrons. The molecule has 1 rings (SSSR count). The third kappa shape index (κ3) is 4.45. The molecule has 0 saturated carbocycles. The maximum absolute atomic E-state index is 11.8. The van der Waals surface area contributed by atoms with Crippen LogP contribution >= 0.6 is 0 Å². The number of unbranched alkanes of at least 4 members (excludes halogenated alkanes) is 3. The smallest absolute Gasteiger partial charge is 0.226 e. The van der Waals surface area contributed by atoms with Gasteiger partial charge in [0.05, 0.1) is 13.7 Å². The third-order valence-corrected chi connectivity index (χ3v) is 2.72. The molecule has 0 bridgehead atoms. The van der Waals surface area contributed by atoms with Gasteiger partial charge in [0, 0.05) is 18.3 Å². The SMILES string of the molecule is CCCCCCOCC1=CC(=O)C=C(OC)C1=O. The van der Waals surface area contributed by atoms with E-state index in [0.717, 1.165) is 12.8 Å². The second-order valence-corrected chi connectivity index (χ2v) is 4.23. The summed E-state index contributed by atoms with van der Waals surface area (Å²) < 4.78 is 10.3. The molecule has 0 saturated heterocycles. The Hall–Kier alpha value is -1.42. The summed E-state index contributed by atoms with van der Waals surface area (Å²) in [5.74, 6) is -0.395. The molecule has 0 unspecified atom stereocenters. The highest BCUT2D eigenvalue weighted by Gasteiger charge is 2.22. The molecule has 0 aliphatic heterocycles. The minimum atomic E-state index is -0.259. The van der Waals surface area contributed by atoms with Crippen LogP contribution in [-0.2, 0) is 19.1 Å². The molecule has 0 atom stereocenters. The zero-order valence-electron chi connectivity index (χ0n) is 11.0.